The van der Waals surface area contributed by atoms with E-state index in [-0.39, 0.29) is 25.2 Å². The molecule has 4 heteroatoms. The largest absolute Gasteiger partial charge is 0.395 e. The van der Waals surface area contributed by atoms with Gasteiger partial charge >= 0.3 is 0 Å². The predicted molar refractivity (Wildman–Crippen MR) is 74.6 cm³/mol. The van der Waals surface area contributed by atoms with Gasteiger partial charge in [0.1, 0.15) is 0 Å². The molecule has 0 amide bonds. The lowest BCUT2D eigenvalue weighted by atomic mass is 9.77. The zero-order chi connectivity index (χ0) is 14.8. The Morgan fingerprint density at radius 3 is 2.21 bits per heavy atom. The predicted octanol–water partition coefficient (Wildman–Crippen LogP) is 1.00. The Morgan fingerprint density at radius 1 is 1.26 bits per heavy atom. The molecule has 4 nitrogen and oxygen atoms in total. The summed E-state index contributed by atoms with van der Waals surface area (Å²) in [5.74, 6) is 0. The van der Waals surface area contributed by atoms with E-state index in [0.29, 0.717) is 12.0 Å². The van der Waals surface area contributed by atoms with Gasteiger partial charge in [-0.2, -0.15) is 0 Å². The molecule has 0 aromatic heterocycles. The molecule has 0 bridgehead atoms. The van der Waals surface area contributed by atoms with Gasteiger partial charge in [0.2, 0.25) is 0 Å². The first kappa shape index (κ1) is 16.4. The van der Waals surface area contributed by atoms with Crippen LogP contribution in [0.1, 0.15) is 34.1 Å². The van der Waals surface area contributed by atoms with Gasteiger partial charge in [0.15, 0.2) is 0 Å². The van der Waals surface area contributed by atoms with Gasteiger partial charge < -0.3 is 20.4 Å². The molecule has 1 rings (SSSR count). The third-order valence-corrected chi connectivity index (χ3v) is 4.13. The molecule has 0 fully saturated rings. The molecule has 1 unspecified atom stereocenters. The van der Waals surface area contributed by atoms with Crippen molar-refractivity contribution in [3.05, 3.63) is 22.8 Å². The van der Waals surface area contributed by atoms with E-state index in [2.05, 4.69) is 0 Å². The molecular weight excluding hydrogens is 244 g/mol. The highest BCUT2D eigenvalue weighted by Crippen LogP contribution is 2.55. The number of hydrogen-bond donors (Lipinski definition) is 4. The summed E-state index contributed by atoms with van der Waals surface area (Å²) in [5, 5.41) is 38.7. The third kappa shape index (κ3) is 2.77. The maximum atomic E-state index is 10.1. The number of hydrogen-bond acceptors (Lipinski definition) is 4. The molecule has 19 heavy (non-hydrogen) atoms. The average molecular weight is 270 g/mol. The van der Waals surface area contributed by atoms with Crippen molar-refractivity contribution in [1.29, 1.82) is 0 Å². The standard InChI is InChI=1S/C15H26O4/c1-5-10(6-16)12-13(11(19)7-17)14(2,3)8-15(12,4)9-18/h5,11,16-19H,6-9H2,1-4H3/b10-5-/t11?,15-/m1/s1. The van der Waals surface area contributed by atoms with Gasteiger partial charge in [-0.05, 0) is 35.5 Å². The summed E-state index contributed by atoms with van der Waals surface area (Å²) >= 11 is 0. The molecule has 0 heterocycles. The Morgan fingerprint density at radius 2 is 1.84 bits per heavy atom. The van der Waals surface area contributed by atoms with Crippen LogP contribution in [0.4, 0.5) is 0 Å². The molecule has 2 atom stereocenters. The van der Waals surface area contributed by atoms with Crippen molar-refractivity contribution < 1.29 is 20.4 Å². The Labute approximate surface area is 115 Å². The van der Waals surface area contributed by atoms with Crippen molar-refractivity contribution in [3.8, 4) is 0 Å². The van der Waals surface area contributed by atoms with Crippen LogP contribution in [0.5, 0.6) is 0 Å². The first-order valence-corrected chi connectivity index (χ1v) is 6.68. The molecule has 0 aromatic rings. The fourth-order valence-electron chi connectivity index (χ4n) is 3.54. The maximum absolute atomic E-state index is 10.1. The van der Waals surface area contributed by atoms with Crippen molar-refractivity contribution in [1.82, 2.24) is 0 Å². The Kier molecular flexibility index (Phi) is 4.96. The third-order valence-electron chi connectivity index (χ3n) is 4.13. The summed E-state index contributed by atoms with van der Waals surface area (Å²) in [7, 11) is 0. The lowest BCUT2D eigenvalue weighted by Crippen LogP contribution is -2.25. The van der Waals surface area contributed by atoms with Crippen LogP contribution in [0.15, 0.2) is 22.8 Å². The van der Waals surface area contributed by atoms with Gasteiger partial charge in [0.25, 0.3) is 0 Å². The van der Waals surface area contributed by atoms with Gasteiger partial charge in [0, 0.05) is 5.41 Å². The van der Waals surface area contributed by atoms with E-state index < -0.39 is 11.5 Å². The topological polar surface area (TPSA) is 80.9 Å². The Balaban J connectivity index is 3.53. The highest BCUT2D eigenvalue weighted by atomic mass is 16.3. The highest BCUT2D eigenvalue weighted by Gasteiger charge is 2.48. The molecule has 0 spiro atoms. The van der Waals surface area contributed by atoms with Crippen LogP contribution >= 0.6 is 0 Å². The summed E-state index contributed by atoms with van der Waals surface area (Å²) in [6, 6.07) is 0. The second-order valence-corrected chi connectivity index (χ2v) is 6.24. The van der Waals surface area contributed by atoms with E-state index in [4.69, 9.17) is 0 Å². The van der Waals surface area contributed by atoms with Crippen molar-refractivity contribution in [2.24, 2.45) is 10.8 Å². The van der Waals surface area contributed by atoms with Crippen LogP contribution in [0.25, 0.3) is 0 Å². The molecular formula is C15H26O4. The first-order chi connectivity index (χ1) is 8.77. The average Bonchev–Trinajstić information content (AvgIpc) is 2.58. The highest BCUT2D eigenvalue weighted by molar-refractivity contribution is 5.48. The van der Waals surface area contributed by atoms with Gasteiger partial charge in [-0.1, -0.05) is 26.8 Å². The van der Waals surface area contributed by atoms with Crippen LogP contribution in [-0.4, -0.2) is 46.4 Å². The lowest BCUT2D eigenvalue weighted by Gasteiger charge is -2.28. The maximum Gasteiger partial charge on any atom is 0.0992 e. The normalized spacial score (nSPS) is 28.9. The number of aliphatic hydroxyl groups is 4. The fourth-order valence-corrected chi connectivity index (χ4v) is 3.54. The molecule has 0 saturated carbocycles. The molecule has 0 radical (unpaired) electrons. The number of allylic oxidation sites excluding steroid dienone is 1. The van der Waals surface area contributed by atoms with Crippen molar-refractivity contribution in [2.75, 3.05) is 19.8 Å². The monoisotopic (exact) mass is 270 g/mol. The molecule has 0 aromatic carbocycles. The fraction of sp³-hybridized carbons (Fsp3) is 0.733. The second kappa shape index (κ2) is 5.75. The molecule has 0 aliphatic heterocycles. The summed E-state index contributed by atoms with van der Waals surface area (Å²) in [4.78, 5) is 0. The Hall–Kier alpha value is -0.680. The zero-order valence-corrected chi connectivity index (χ0v) is 12.3. The van der Waals surface area contributed by atoms with Crippen molar-refractivity contribution >= 4 is 0 Å². The zero-order valence-electron chi connectivity index (χ0n) is 12.3. The minimum Gasteiger partial charge on any atom is -0.395 e. The molecule has 1 aliphatic rings. The first-order valence-electron chi connectivity index (χ1n) is 6.68. The van der Waals surface area contributed by atoms with E-state index in [1.807, 2.05) is 27.7 Å². The molecule has 4 N–H and O–H groups in total. The molecule has 110 valence electrons. The quantitative estimate of drug-likeness (QED) is 0.601. The Bertz CT molecular complexity index is 395. The van der Waals surface area contributed by atoms with Crippen LogP contribution in [-0.2, 0) is 0 Å². The summed E-state index contributed by atoms with van der Waals surface area (Å²) in [6.45, 7) is 7.20. The lowest BCUT2D eigenvalue weighted by molar-refractivity contribution is 0.103. The number of rotatable bonds is 5. The van der Waals surface area contributed by atoms with E-state index in [0.717, 1.165) is 11.1 Å². The van der Waals surface area contributed by atoms with Gasteiger partial charge in [0.05, 0.1) is 25.9 Å². The van der Waals surface area contributed by atoms with Crippen LogP contribution in [0.3, 0.4) is 0 Å². The van der Waals surface area contributed by atoms with Crippen molar-refractivity contribution in [2.45, 2.75) is 40.2 Å². The van der Waals surface area contributed by atoms with E-state index in [1.54, 1.807) is 6.08 Å². The molecule has 0 saturated heterocycles. The van der Waals surface area contributed by atoms with Gasteiger partial charge in [-0.25, -0.2) is 0 Å². The van der Waals surface area contributed by atoms with E-state index in [1.165, 1.54) is 0 Å². The minimum absolute atomic E-state index is 0.0508. The summed E-state index contributed by atoms with van der Waals surface area (Å²) in [6.07, 6.45) is 1.52. The van der Waals surface area contributed by atoms with Crippen LogP contribution in [0.2, 0.25) is 0 Å². The minimum atomic E-state index is -0.958. The smallest absolute Gasteiger partial charge is 0.0992 e. The second-order valence-electron chi connectivity index (χ2n) is 6.24. The summed E-state index contributed by atoms with van der Waals surface area (Å²) in [5.41, 5.74) is 1.42. The van der Waals surface area contributed by atoms with Crippen molar-refractivity contribution in [3.63, 3.8) is 0 Å². The summed E-state index contributed by atoms with van der Waals surface area (Å²) < 4.78 is 0. The van der Waals surface area contributed by atoms with Gasteiger partial charge in [-0.3, -0.25) is 0 Å². The van der Waals surface area contributed by atoms with E-state index in [9.17, 15) is 20.4 Å². The SMILES string of the molecule is C/C=C(/CO)C1=C(C(O)CO)C(C)(C)C[C@]1(C)CO. The molecule has 1 aliphatic carbocycles. The number of aliphatic hydroxyl groups excluding tert-OH is 4. The van der Waals surface area contributed by atoms with E-state index >= 15 is 0 Å². The van der Waals surface area contributed by atoms with Crippen LogP contribution < -0.4 is 0 Å². The van der Waals surface area contributed by atoms with Gasteiger partial charge in [-0.15, -0.1) is 0 Å². The van der Waals surface area contributed by atoms with Crippen LogP contribution in [0, 0.1) is 10.8 Å².